The van der Waals surface area contributed by atoms with Crippen LogP contribution >= 0.6 is 0 Å². The molecule has 0 aliphatic heterocycles. The molecule has 6 heteroatoms. The van der Waals surface area contributed by atoms with E-state index in [2.05, 4.69) is 19.9 Å². The number of pyridine rings is 2. The lowest BCUT2D eigenvalue weighted by molar-refractivity contribution is 0.0691. The molecule has 0 atom stereocenters. The number of aromatic carboxylic acids is 1. The number of H-pyrrole nitrogens is 1. The summed E-state index contributed by atoms with van der Waals surface area (Å²) < 4.78 is 0. The van der Waals surface area contributed by atoms with Crippen LogP contribution in [0, 0.1) is 0 Å². The molecule has 18 heavy (non-hydrogen) atoms. The zero-order valence-electron chi connectivity index (χ0n) is 9.16. The van der Waals surface area contributed by atoms with Gasteiger partial charge >= 0.3 is 5.97 Å². The number of fused-ring (bicyclic) bond motifs is 1. The van der Waals surface area contributed by atoms with Crippen molar-refractivity contribution in [3.8, 4) is 11.3 Å². The average Bonchev–Trinajstić information content (AvgIpc) is 2.86. The molecular weight excluding hydrogens is 232 g/mol. The number of aromatic amines is 1. The molecule has 0 aromatic carbocycles. The van der Waals surface area contributed by atoms with E-state index in [0.717, 1.165) is 5.56 Å². The van der Waals surface area contributed by atoms with Crippen molar-refractivity contribution in [1.29, 1.82) is 0 Å². The number of hydrogen-bond acceptors (Lipinski definition) is 4. The van der Waals surface area contributed by atoms with Crippen LogP contribution in [0.25, 0.3) is 22.3 Å². The normalized spacial score (nSPS) is 10.7. The molecule has 0 amide bonds. The predicted octanol–water partition coefficient (Wildman–Crippen LogP) is 1.72. The van der Waals surface area contributed by atoms with Crippen LogP contribution in [0.5, 0.6) is 0 Å². The van der Waals surface area contributed by atoms with Gasteiger partial charge in [0, 0.05) is 18.0 Å². The topological polar surface area (TPSA) is 91.8 Å². The number of nitrogens with zero attached hydrogens (tertiary/aromatic N) is 3. The van der Waals surface area contributed by atoms with Crippen molar-refractivity contribution in [1.82, 2.24) is 19.9 Å². The smallest absolute Gasteiger partial charge is 0.354 e. The molecule has 0 saturated heterocycles. The van der Waals surface area contributed by atoms with Crippen molar-refractivity contribution >= 4 is 17.0 Å². The summed E-state index contributed by atoms with van der Waals surface area (Å²) in [6, 6.07) is 5.00. The zero-order valence-corrected chi connectivity index (χ0v) is 9.16. The first-order valence-electron chi connectivity index (χ1n) is 5.23. The van der Waals surface area contributed by atoms with Crippen molar-refractivity contribution in [2.24, 2.45) is 0 Å². The number of rotatable bonds is 2. The largest absolute Gasteiger partial charge is 0.477 e. The number of hydrogen-bond donors (Lipinski definition) is 2. The summed E-state index contributed by atoms with van der Waals surface area (Å²) in [6.45, 7) is 0. The van der Waals surface area contributed by atoms with Gasteiger partial charge in [0.05, 0.1) is 17.5 Å². The molecular formula is C12H8N4O2. The van der Waals surface area contributed by atoms with E-state index >= 15 is 0 Å². The second-order valence-corrected chi connectivity index (χ2v) is 3.70. The van der Waals surface area contributed by atoms with Gasteiger partial charge in [0.25, 0.3) is 0 Å². The molecule has 3 aromatic heterocycles. The van der Waals surface area contributed by atoms with Crippen LogP contribution in [0.1, 0.15) is 10.5 Å². The highest BCUT2D eigenvalue weighted by Crippen LogP contribution is 2.24. The number of nitrogens with one attached hydrogen (secondary N) is 1. The maximum absolute atomic E-state index is 11.0. The summed E-state index contributed by atoms with van der Waals surface area (Å²) in [6.07, 6.45) is 4.77. The zero-order chi connectivity index (χ0) is 12.5. The van der Waals surface area contributed by atoms with Crippen molar-refractivity contribution < 1.29 is 9.90 Å². The first-order chi connectivity index (χ1) is 8.75. The maximum Gasteiger partial charge on any atom is 0.354 e. The van der Waals surface area contributed by atoms with E-state index in [1.807, 2.05) is 0 Å². The molecule has 0 aliphatic rings. The van der Waals surface area contributed by atoms with Crippen molar-refractivity contribution in [2.45, 2.75) is 0 Å². The number of imidazole rings is 1. The Bertz CT molecular complexity index is 721. The summed E-state index contributed by atoms with van der Waals surface area (Å²) in [5, 5.41) is 9.04. The minimum atomic E-state index is -1.07. The summed E-state index contributed by atoms with van der Waals surface area (Å²) in [4.78, 5) is 26.2. The third-order valence-electron chi connectivity index (χ3n) is 2.58. The minimum Gasteiger partial charge on any atom is -0.477 e. The third-order valence-corrected chi connectivity index (χ3v) is 2.58. The van der Waals surface area contributed by atoms with Gasteiger partial charge in [0.1, 0.15) is 5.52 Å². The Morgan fingerprint density at radius 2 is 2.06 bits per heavy atom. The van der Waals surface area contributed by atoms with Gasteiger partial charge in [-0.05, 0) is 18.2 Å². The van der Waals surface area contributed by atoms with E-state index in [1.165, 1.54) is 12.4 Å². The molecule has 0 bridgehead atoms. The van der Waals surface area contributed by atoms with Crippen molar-refractivity contribution in [2.75, 3.05) is 0 Å². The average molecular weight is 240 g/mol. The fourth-order valence-corrected chi connectivity index (χ4v) is 1.77. The van der Waals surface area contributed by atoms with Gasteiger partial charge in [0.15, 0.2) is 5.69 Å². The maximum atomic E-state index is 11.0. The van der Waals surface area contributed by atoms with E-state index in [1.54, 1.807) is 24.5 Å². The Balaban J connectivity index is 2.33. The Morgan fingerprint density at radius 3 is 2.78 bits per heavy atom. The molecule has 0 aliphatic carbocycles. The van der Waals surface area contributed by atoms with Gasteiger partial charge in [-0.2, -0.15) is 0 Å². The minimum absolute atomic E-state index is 0.0152. The van der Waals surface area contributed by atoms with Crippen LogP contribution in [0.2, 0.25) is 0 Å². The van der Waals surface area contributed by atoms with Crippen LogP contribution in [-0.2, 0) is 0 Å². The molecule has 0 radical (unpaired) electrons. The monoisotopic (exact) mass is 240 g/mol. The van der Waals surface area contributed by atoms with Gasteiger partial charge in [-0.3, -0.25) is 4.98 Å². The highest BCUT2D eigenvalue weighted by atomic mass is 16.4. The van der Waals surface area contributed by atoms with Gasteiger partial charge in [-0.15, -0.1) is 0 Å². The van der Waals surface area contributed by atoms with Crippen LogP contribution in [-0.4, -0.2) is 31.0 Å². The first-order valence-corrected chi connectivity index (χ1v) is 5.23. The second kappa shape index (κ2) is 3.92. The van der Waals surface area contributed by atoms with Gasteiger partial charge in [-0.1, -0.05) is 0 Å². The van der Waals surface area contributed by atoms with Gasteiger partial charge < -0.3 is 10.1 Å². The first kappa shape index (κ1) is 10.4. The third kappa shape index (κ3) is 1.60. The van der Waals surface area contributed by atoms with E-state index in [9.17, 15) is 4.79 Å². The highest BCUT2D eigenvalue weighted by molar-refractivity contribution is 5.95. The van der Waals surface area contributed by atoms with E-state index in [-0.39, 0.29) is 5.69 Å². The summed E-state index contributed by atoms with van der Waals surface area (Å²) in [5.41, 5.74) is 2.60. The van der Waals surface area contributed by atoms with Gasteiger partial charge in [-0.25, -0.2) is 14.8 Å². The molecule has 0 saturated carbocycles. The molecule has 0 spiro atoms. The molecule has 3 heterocycles. The molecule has 2 N–H and O–H groups in total. The van der Waals surface area contributed by atoms with E-state index in [0.29, 0.717) is 16.7 Å². The summed E-state index contributed by atoms with van der Waals surface area (Å²) in [7, 11) is 0. The lowest BCUT2D eigenvalue weighted by atomic mass is 10.1. The fraction of sp³-hybridized carbons (Fsp3) is 0. The number of aromatic nitrogens is 4. The van der Waals surface area contributed by atoms with Crippen LogP contribution in [0.4, 0.5) is 0 Å². The predicted molar refractivity (Wildman–Crippen MR) is 64.1 cm³/mol. The second-order valence-electron chi connectivity index (χ2n) is 3.70. The van der Waals surface area contributed by atoms with Gasteiger partial charge in [0.2, 0.25) is 0 Å². The van der Waals surface area contributed by atoms with Crippen LogP contribution < -0.4 is 0 Å². The Kier molecular flexibility index (Phi) is 2.26. The number of carboxylic acid groups (broad SMARTS) is 1. The fourth-order valence-electron chi connectivity index (χ4n) is 1.77. The quantitative estimate of drug-likeness (QED) is 0.711. The lowest BCUT2D eigenvalue weighted by Crippen LogP contribution is -2.01. The summed E-state index contributed by atoms with van der Waals surface area (Å²) >= 11 is 0. The molecule has 0 fully saturated rings. The molecule has 3 rings (SSSR count). The molecule has 0 unspecified atom stereocenters. The van der Waals surface area contributed by atoms with Crippen LogP contribution in [0.15, 0.2) is 36.9 Å². The lowest BCUT2D eigenvalue weighted by Gasteiger charge is -2.03. The highest BCUT2D eigenvalue weighted by Gasteiger charge is 2.13. The Labute approximate surface area is 101 Å². The number of carbonyl (C=O) groups is 1. The number of carboxylic acids is 1. The van der Waals surface area contributed by atoms with Crippen LogP contribution in [0.3, 0.4) is 0 Å². The molecule has 88 valence electrons. The SMILES string of the molecule is O=C(O)c1cc2[nH]cnc2c(-c2ccncc2)n1. The standard InChI is InChI=1S/C12H8N4O2/c17-12(18)9-5-8-11(15-6-14-8)10(16-9)7-1-3-13-4-2-7/h1-6H,(H,14,15)(H,17,18). The van der Waals surface area contributed by atoms with Crippen molar-refractivity contribution in [3.63, 3.8) is 0 Å². The van der Waals surface area contributed by atoms with E-state index in [4.69, 9.17) is 5.11 Å². The Hall–Kier alpha value is -2.76. The van der Waals surface area contributed by atoms with Crippen molar-refractivity contribution in [3.05, 3.63) is 42.6 Å². The molecule has 6 nitrogen and oxygen atoms in total. The van der Waals surface area contributed by atoms with E-state index < -0.39 is 5.97 Å². The summed E-state index contributed by atoms with van der Waals surface area (Å²) in [5.74, 6) is -1.07. The molecule has 3 aromatic rings. The Morgan fingerprint density at radius 1 is 1.28 bits per heavy atom.